The van der Waals surface area contributed by atoms with Gasteiger partial charge in [-0.25, -0.2) is 4.98 Å². The maximum atomic E-state index is 12.2. The van der Waals surface area contributed by atoms with Gasteiger partial charge in [-0.05, 0) is 31.5 Å². The summed E-state index contributed by atoms with van der Waals surface area (Å²) in [5, 5.41) is 3.57. The number of likely N-dealkylation sites (N-methyl/N-ethyl adjacent to an activating group) is 1. The lowest BCUT2D eigenvalue weighted by atomic mass is 10.1. The number of pyridine rings is 1. The SMILES string of the molecule is CN(C(=O)c1cccnc1Cl)[C@@H]1CCCNC1.Cl. The molecule has 1 aromatic heterocycles. The van der Waals surface area contributed by atoms with Crippen LogP contribution in [0.4, 0.5) is 0 Å². The molecule has 6 heteroatoms. The van der Waals surface area contributed by atoms with Gasteiger partial charge in [-0.1, -0.05) is 11.6 Å². The lowest BCUT2D eigenvalue weighted by Gasteiger charge is -2.31. The molecule has 1 N–H and O–H groups in total. The molecule has 0 spiro atoms. The molecule has 2 rings (SSSR count). The van der Waals surface area contributed by atoms with E-state index in [1.807, 2.05) is 7.05 Å². The van der Waals surface area contributed by atoms with Gasteiger partial charge in [-0.2, -0.15) is 0 Å². The van der Waals surface area contributed by atoms with Crippen molar-refractivity contribution >= 4 is 29.9 Å². The van der Waals surface area contributed by atoms with Crippen LogP contribution in [0.25, 0.3) is 0 Å². The maximum Gasteiger partial charge on any atom is 0.257 e. The van der Waals surface area contributed by atoms with E-state index in [2.05, 4.69) is 10.3 Å². The summed E-state index contributed by atoms with van der Waals surface area (Å²) in [5.74, 6) is -0.0585. The minimum absolute atomic E-state index is 0. The predicted molar refractivity (Wildman–Crippen MR) is 74.5 cm³/mol. The fourth-order valence-corrected chi connectivity index (χ4v) is 2.27. The van der Waals surface area contributed by atoms with E-state index in [9.17, 15) is 4.79 Å². The minimum Gasteiger partial charge on any atom is -0.337 e. The lowest BCUT2D eigenvalue weighted by Crippen LogP contribution is -2.46. The van der Waals surface area contributed by atoms with Gasteiger partial charge < -0.3 is 10.2 Å². The molecule has 1 aromatic rings. The number of amides is 1. The Balaban J connectivity index is 0.00000162. The van der Waals surface area contributed by atoms with Crippen molar-refractivity contribution in [3.8, 4) is 0 Å². The van der Waals surface area contributed by atoms with E-state index in [0.717, 1.165) is 25.9 Å². The number of rotatable bonds is 2. The number of hydrogen-bond acceptors (Lipinski definition) is 3. The van der Waals surface area contributed by atoms with Crippen molar-refractivity contribution < 1.29 is 4.79 Å². The zero-order valence-electron chi connectivity index (χ0n) is 10.2. The number of hydrogen-bond donors (Lipinski definition) is 1. The van der Waals surface area contributed by atoms with Crippen molar-refractivity contribution in [2.75, 3.05) is 20.1 Å². The summed E-state index contributed by atoms with van der Waals surface area (Å²) in [5.41, 5.74) is 0.474. The van der Waals surface area contributed by atoms with Gasteiger partial charge in [0, 0.05) is 25.8 Å². The summed E-state index contributed by atoms with van der Waals surface area (Å²) in [6, 6.07) is 3.68. The molecule has 1 fully saturated rings. The van der Waals surface area contributed by atoms with E-state index in [-0.39, 0.29) is 29.5 Å². The molecular weight excluding hydrogens is 273 g/mol. The van der Waals surface area contributed by atoms with Crippen LogP contribution in [-0.2, 0) is 0 Å². The molecule has 4 nitrogen and oxygen atoms in total. The number of aromatic nitrogens is 1. The number of halogens is 2. The van der Waals surface area contributed by atoms with Crippen molar-refractivity contribution in [1.82, 2.24) is 15.2 Å². The van der Waals surface area contributed by atoms with Crippen LogP contribution in [0.3, 0.4) is 0 Å². The smallest absolute Gasteiger partial charge is 0.257 e. The van der Waals surface area contributed by atoms with Gasteiger partial charge >= 0.3 is 0 Å². The molecule has 0 radical (unpaired) electrons. The Bertz CT molecular complexity index is 408. The van der Waals surface area contributed by atoms with Crippen LogP contribution < -0.4 is 5.32 Å². The topological polar surface area (TPSA) is 45.2 Å². The van der Waals surface area contributed by atoms with Crippen molar-refractivity contribution in [3.63, 3.8) is 0 Å². The molecule has 1 aliphatic rings. The van der Waals surface area contributed by atoms with Gasteiger partial charge in [0.2, 0.25) is 0 Å². The second kappa shape index (κ2) is 6.92. The van der Waals surface area contributed by atoms with Crippen LogP contribution in [0, 0.1) is 0 Å². The molecular formula is C12H17Cl2N3O. The molecule has 0 bridgehead atoms. The number of carbonyl (C=O) groups excluding carboxylic acids is 1. The molecule has 1 aliphatic heterocycles. The summed E-state index contributed by atoms with van der Waals surface area (Å²) >= 11 is 5.93. The molecule has 2 heterocycles. The van der Waals surface area contributed by atoms with Gasteiger partial charge in [-0.3, -0.25) is 4.79 Å². The van der Waals surface area contributed by atoms with Crippen molar-refractivity contribution in [3.05, 3.63) is 29.0 Å². The standard InChI is InChI=1S/C12H16ClN3O.ClH/c1-16(9-4-2-6-14-8-9)12(17)10-5-3-7-15-11(10)13;/h3,5,7,9,14H,2,4,6,8H2,1H3;1H/t9-;/m1./s1. The highest BCUT2D eigenvalue weighted by molar-refractivity contribution is 6.32. The Morgan fingerprint density at radius 1 is 1.61 bits per heavy atom. The lowest BCUT2D eigenvalue weighted by molar-refractivity contribution is 0.0708. The van der Waals surface area contributed by atoms with Gasteiger partial charge in [0.1, 0.15) is 5.15 Å². The Hall–Kier alpha value is -0.840. The van der Waals surface area contributed by atoms with Gasteiger partial charge in [0.15, 0.2) is 0 Å². The predicted octanol–water partition coefficient (Wildman–Crippen LogP) is 1.98. The summed E-state index contributed by atoms with van der Waals surface area (Å²) in [6.07, 6.45) is 3.72. The van der Waals surface area contributed by atoms with Crippen LogP contribution in [0.15, 0.2) is 18.3 Å². The minimum atomic E-state index is -0.0585. The highest BCUT2D eigenvalue weighted by Gasteiger charge is 2.24. The largest absolute Gasteiger partial charge is 0.337 e. The monoisotopic (exact) mass is 289 g/mol. The third-order valence-electron chi connectivity index (χ3n) is 3.13. The van der Waals surface area contributed by atoms with Crippen LogP contribution in [0.2, 0.25) is 5.15 Å². The summed E-state index contributed by atoms with van der Waals surface area (Å²) < 4.78 is 0. The number of nitrogens with one attached hydrogen (secondary N) is 1. The van der Waals surface area contributed by atoms with Crippen LogP contribution in [0.1, 0.15) is 23.2 Å². The quantitative estimate of drug-likeness (QED) is 0.847. The van der Waals surface area contributed by atoms with E-state index in [0.29, 0.717) is 5.56 Å². The normalized spacial score (nSPS) is 18.9. The molecule has 0 saturated carbocycles. The van der Waals surface area contributed by atoms with E-state index >= 15 is 0 Å². The van der Waals surface area contributed by atoms with Crippen molar-refractivity contribution in [2.24, 2.45) is 0 Å². The molecule has 1 atom stereocenters. The Kier molecular flexibility index (Phi) is 5.85. The second-order valence-corrected chi connectivity index (χ2v) is 4.62. The second-order valence-electron chi connectivity index (χ2n) is 4.26. The summed E-state index contributed by atoms with van der Waals surface area (Å²) in [6.45, 7) is 1.88. The van der Waals surface area contributed by atoms with E-state index < -0.39 is 0 Å². The zero-order chi connectivity index (χ0) is 12.3. The molecule has 0 unspecified atom stereocenters. The highest BCUT2D eigenvalue weighted by atomic mass is 35.5. The average Bonchev–Trinajstić information content (AvgIpc) is 2.39. The maximum absolute atomic E-state index is 12.2. The summed E-state index contributed by atoms with van der Waals surface area (Å²) in [7, 11) is 1.82. The van der Waals surface area contributed by atoms with E-state index in [1.165, 1.54) is 0 Å². The van der Waals surface area contributed by atoms with Gasteiger partial charge in [0.25, 0.3) is 5.91 Å². The first kappa shape index (κ1) is 15.2. The number of nitrogens with zero attached hydrogens (tertiary/aromatic N) is 2. The molecule has 100 valence electrons. The number of piperidine rings is 1. The van der Waals surface area contributed by atoms with E-state index in [4.69, 9.17) is 11.6 Å². The van der Waals surface area contributed by atoms with E-state index in [1.54, 1.807) is 23.2 Å². The molecule has 1 amide bonds. The molecule has 0 aromatic carbocycles. The third kappa shape index (κ3) is 3.34. The average molecular weight is 290 g/mol. The van der Waals surface area contributed by atoms with Crippen molar-refractivity contribution in [2.45, 2.75) is 18.9 Å². The third-order valence-corrected chi connectivity index (χ3v) is 3.43. The van der Waals surface area contributed by atoms with Crippen LogP contribution in [-0.4, -0.2) is 42.0 Å². The molecule has 18 heavy (non-hydrogen) atoms. The van der Waals surface area contributed by atoms with Crippen molar-refractivity contribution in [1.29, 1.82) is 0 Å². The Morgan fingerprint density at radius 3 is 3.00 bits per heavy atom. The fourth-order valence-electron chi connectivity index (χ4n) is 2.07. The first-order chi connectivity index (χ1) is 8.20. The summed E-state index contributed by atoms with van der Waals surface area (Å²) in [4.78, 5) is 17.9. The molecule has 0 aliphatic carbocycles. The van der Waals surface area contributed by atoms with Gasteiger partial charge in [0.05, 0.1) is 5.56 Å². The molecule has 1 saturated heterocycles. The first-order valence-corrected chi connectivity index (χ1v) is 6.16. The number of carbonyl (C=O) groups is 1. The van der Waals surface area contributed by atoms with Crippen LogP contribution in [0.5, 0.6) is 0 Å². The highest BCUT2D eigenvalue weighted by Crippen LogP contribution is 2.17. The van der Waals surface area contributed by atoms with Gasteiger partial charge in [-0.15, -0.1) is 12.4 Å². The Labute approximate surface area is 118 Å². The fraction of sp³-hybridized carbons (Fsp3) is 0.500. The zero-order valence-corrected chi connectivity index (χ0v) is 11.8. The van der Waals surface area contributed by atoms with Crippen LogP contribution >= 0.6 is 24.0 Å². The first-order valence-electron chi connectivity index (χ1n) is 5.78. The Morgan fingerprint density at radius 2 is 2.39 bits per heavy atom.